The van der Waals surface area contributed by atoms with Gasteiger partial charge in [-0.3, -0.25) is 4.79 Å². The van der Waals surface area contributed by atoms with Gasteiger partial charge in [0.2, 0.25) is 5.91 Å². The first-order valence-electron chi connectivity index (χ1n) is 6.86. The Balaban J connectivity index is 2.54. The fourth-order valence-corrected chi connectivity index (χ4v) is 2.49. The summed E-state index contributed by atoms with van der Waals surface area (Å²) in [5.74, 6) is 0.334. The van der Waals surface area contributed by atoms with Gasteiger partial charge in [-0.05, 0) is 32.1 Å². The van der Waals surface area contributed by atoms with Crippen LogP contribution in [0.25, 0.3) is 0 Å². The third-order valence-electron chi connectivity index (χ3n) is 3.35. The summed E-state index contributed by atoms with van der Waals surface area (Å²) in [5.41, 5.74) is 0. The molecule has 0 aliphatic carbocycles. The molecule has 0 aromatic rings. The van der Waals surface area contributed by atoms with Gasteiger partial charge < -0.3 is 20.1 Å². The number of amides is 2. The molecule has 1 heterocycles. The van der Waals surface area contributed by atoms with Crippen molar-refractivity contribution < 1.29 is 19.4 Å². The van der Waals surface area contributed by atoms with Gasteiger partial charge in [0.15, 0.2) is 0 Å². The number of aliphatic hydroxyl groups excluding tert-OH is 1. The van der Waals surface area contributed by atoms with Crippen LogP contribution in [-0.2, 0) is 9.53 Å². The van der Waals surface area contributed by atoms with E-state index in [0.717, 1.165) is 19.3 Å². The first-order valence-corrected chi connectivity index (χ1v) is 6.86. The number of hydrogen-bond acceptors (Lipinski definition) is 4. The fourth-order valence-electron chi connectivity index (χ4n) is 2.49. The van der Waals surface area contributed by atoms with Gasteiger partial charge in [-0.25, -0.2) is 4.79 Å². The highest BCUT2D eigenvalue weighted by Gasteiger charge is 2.29. The van der Waals surface area contributed by atoms with E-state index in [4.69, 9.17) is 9.84 Å². The highest BCUT2D eigenvalue weighted by atomic mass is 16.5. The molecule has 0 radical (unpaired) electrons. The maximum atomic E-state index is 11.5. The predicted molar refractivity (Wildman–Crippen MR) is 70.6 cm³/mol. The molecule has 1 saturated heterocycles. The van der Waals surface area contributed by atoms with E-state index in [1.165, 1.54) is 6.92 Å². The zero-order chi connectivity index (χ0) is 14.3. The van der Waals surface area contributed by atoms with Crippen LogP contribution >= 0.6 is 0 Å². The van der Waals surface area contributed by atoms with E-state index in [1.54, 1.807) is 11.8 Å². The van der Waals surface area contributed by atoms with E-state index >= 15 is 0 Å². The van der Waals surface area contributed by atoms with Crippen LogP contribution in [0, 0.1) is 5.92 Å². The molecule has 0 spiro atoms. The average Bonchev–Trinajstić information content (AvgIpc) is 2.36. The molecule has 0 saturated carbocycles. The summed E-state index contributed by atoms with van der Waals surface area (Å²) in [6, 6.07) is -0.0691. The van der Waals surface area contributed by atoms with E-state index in [1.807, 2.05) is 0 Å². The Bertz CT molecular complexity index is 309. The van der Waals surface area contributed by atoms with Crippen molar-refractivity contribution in [2.24, 2.45) is 5.92 Å². The second kappa shape index (κ2) is 7.99. The van der Waals surface area contributed by atoms with Crippen LogP contribution in [0.1, 0.15) is 33.1 Å². The minimum Gasteiger partial charge on any atom is -0.450 e. The van der Waals surface area contributed by atoms with Crippen LogP contribution in [0.15, 0.2) is 0 Å². The quantitative estimate of drug-likeness (QED) is 0.774. The monoisotopic (exact) mass is 272 g/mol. The highest BCUT2D eigenvalue weighted by molar-refractivity contribution is 5.73. The molecule has 2 N–H and O–H groups in total. The van der Waals surface area contributed by atoms with E-state index in [9.17, 15) is 9.59 Å². The van der Waals surface area contributed by atoms with E-state index in [2.05, 4.69) is 5.32 Å². The molecule has 110 valence electrons. The maximum Gasteiger partial charge on any atom is 0.407 e. The van der Waals surface area contributed by atoms with Crippen molar-refractivity contribution in [3.8, 4) is 0 Å². The number of hydrogen-bond donors (Lipinski definition) is 2. The lowest BCUT2D eigenvalue weighted by Gasteiger charge is -2.37. The van der Waals surface area contributed by atoms with E-state index < -0.39 is 6.09 Å². The van der Waals surface area contributed by atoms with Crippen LogP contribution in [0.4, 0.5) is 4.79 Å². The van der Waals surface area contributed by atoms with Crippen LogP contribution in [0.2, 0.25) is 0 Å². The number of nitrogens with one attached hydrogen (secondary N) is 1. The van der Waals surface area contributed by atoms with Crippen molar-refractivity contribution in [1.29, 1.82) is 0 Å². The van der Waals surface area contributed by atoms with Gasteiger partial charge in [0.1, 0.15) is 0 Å². The smallest absolute Gasteiger partial charge is 0.407 e. The number of alkyl carbamates (subject to hydrolysis) is 1. The van der Waals surface area contributed by atoms with Crippen molar-refractivity contribution in [1.82, 2.24) is 10.2 Å². The minimum atomic E-state index is -0.432. The predicted octanol–water partition coefficient (Wildman–Crippen LogP) is 0.742. The van der Waals surface area contributed by atoms with Crippen molar-refractivity contribution in [2.75, 3.05) is 26.3 Å². The number of piperidine rings is 1. The summed E-state index contributed by atoms with van der Waals surface area (Å²) >= 11 is 0. The Morgan fingerprint density at radius 2 is 2.16 bits per heavy atom. The van der Waals surface area contributed by atoms with Gasteiger partial charge in [0.25, 0.3) is 0 Å². The van der Waals surface area contributed by atoms with Gasteiger partial charge in [-0.1, -0.05) is 0 Å². The van der Waals surface area contributed by atoms with Crippen molar-refractivity contribution in [3.05, 3.63) is 0 Å². The third-order valence-corrected chi connectivity index (χ3v) is 3.35. The summed E-state index contributed by atoms with van der Waals surface area (Å²) in [6.07, 6.45) is 1.98. The number of likely N-dealkylation sites (tertiary alicyclic amines) is 1. The number of carbonyl (C=O) groups excluding carboxylic acids is 2. The molecule has 2 amide bonds. The van der Waals surface area contributed by atoms with Crippen LogP contribution in [0.5, 0.6) is 0 Å². The summed E-state index contributed by atoms with van der Waals surface area (Å²) in [6.45, 7) is 5.03. The van der Waals surface area contributed by atoms with Crippen LogP contribution in [-0.4, -0.2) is 54.4 Å². The average molecular weight is 272 g/mol. The lowest BCUT2D eigenvalue weighted by Crippen LogP contribution is -2.52. The second-order valence-electron chi connectivity index (χ2n) is 4.95. The summed E-state index contributed by atoms with van der Waals surface area (Å²) in [7, 11) is 0. The number of ether oxygens (including phenoxy) is 1. The minimum absolute atomic E-state index is 0.0179. The van der Waals surface area contributed by atoms with Crippen LogP contribution in [0.3, 0.4) is 0 Å². The Morgan fingerprint density at radius 1 is 1.42 bits per heavy atom. The molecule has 1 aliphatic heterocycles. The molecule has 1 aliphatic rings. The van der Waals surface area contributed by atoms with E-state index in [0.29, 0.717) is 25.6 Å². The maximum absolute atomic E-state index is 11.5. The highest BCUT2D eigenvalue weighted by Crippen LogP contribution is 2.21. The topological polar surface area (TPSA) is 78.9 Å². The first-order chi connectivity index (χ1) is 9.06. The molecular weight excluding hydrogens is 248 g/mol. The molecule has 1 fully saturated rings. The van der Waals surface area contributed by atoms with Crippen molar-refractivity contribution >= 4 is 12.0 Å². The Labute approximate surface area is 114 Å². The fraction of sp³-hybridized carbons (Fsp3) is 0.846. The van der Waals surface area contributed by atoms with E-state index in [-0.39, 0.29) is 18.6 Å². The van der Waals surface area contributed by atoms with Gasteiger partial charge in [-0.15, -0.1) is 0 Å². The molecule has 19 heavy (non-hydrogen) atoms. The standard InChI is InChI=1S/C13H24N2O4/c1-3-19-13(18)14-12-7-11(5-4-6-16)8-15(9-12)10(2)17/h11-12,16H,3-9H2,1-2H3,(H,14,18). The van der Waals surface area contributed by atoms with Crippen LogP contribution < -0.4 is 5.32 Å². The SMILES string of the molecule is CCOC(=O)NC1CC(CCCO)CN(C(C)=O)C1. The number of carbonyl (C=O) groups is 2. The second-order valence-corrected chi connectivity index (χ2v) is 4.95. The summed E-state index contributed by atoms with van der Waals surface area (Å²) in [4.78, 5) is 24.7. The zero-order valence-electron chi connectivity index (χ0n) is 11.7. The zero-order valence-corrected chi connectivity index (χ0v) is 11.7. The molecule has 1 rings (SSSR count). The van der Waals surface area contributed by atoms with Gasteiger partial charge in [0, 0.05) is 26.6 Å². The number of nitrogens with zero attached hydrogens (tertiary/aromatic N) is 1. The van der Waals surface area contributed by atoms with Crippen molar-refractivity contribution in [2.45, 2.75) is 39.2 Å². The molecule has 0 bridgehead atoms. The first kappa shape index (κ1) is 15.8. The molecule has 2 unspecified atom stereocenters. The lowest BCUT2D eigenvalue weighted by molar-refractivity contribution is -0.131. The number of rotatable bonds is 5. The molecule has 2 atom stereocenters. The molecule has 6 heteroatoms. The largest absolute Gasteiger partial charge is 0.450 e. The van der Waals surface area contributed by atoms with Gasteiger partial charge in [-0.2, -0.15) is 0 Å². The molecule has 6 nitrogen and oxygen atoms in total. The van der Waals surface area contributed by atoms with Crippen molar-refractivity contribution in [3.63, 3.8) is 0 Å². The summed E-state index contributed by atoms with van der Waals surface area (Å²) in [5, 5.41) is 11.7. The Hall–Kier alpha value is -1.30. The molecular formula is C13H24N2O4. The Morgan fingerprint density at radius 3 is 2.74 bits per heavy atom. The normalized spacial score (nSPS) is 23.0. The third kappa shape index (κ3) is 5.46. The lowest BCUT2D eigenvalue weighted by atomic mass is 9.90. The molecule has 0 aromatic carbocycles. The van der Waals surface area contributed by atoms with Gasteiger partial charge >= 0.3 is 6.09 Å². The summed E-state index contributed by atoms with van der Waals surface area (Å²) < 4.78 is 4.86. The molecule has 0 aromatic heterocycles. The Kier molecular flexibility index (Phi) is 6.62. The number of aliphatic hydroxyl groups is 1. The van der Waals surface area contributed by atoms with Gasteiger partial charge in [0.05, 0.1) is 12.6 Å².